The van der Waals surface area contributed by atoms with Gasteiger partial charge in [-0.25, -0.2) is 0 Å². The van der Waals surface area contributed by atoms with E-state index in [9.17, 15) is 0 Å². The standard InChI is InChI=1S/3ClH.FH.Ga.3H/h4*1H;;;;. The van der Waals surface area contributed by atoms with Gasteiger partial charge in [0.25, 0.3) is 0 Å². The number of hydrogen-bond acceptors (Lipinski definition) is 0. The molecule has 0 heterocycles. The van der Waals surface area contributed by atoms with Crippen LogP contribution in [0.3, 0.4) is 0 Å². The molecule has 0 bridgehead atoms. The fourth-order valence-corrected chi connectivity index (χ4v) is 0. The van der Waals surface area contributed by atoms with Crippen LogP contribution < -0.4 is 0 Å². The van der Waals surface area contributed by atoms with E-state index in [1.165, 1.54) is 0 Å². The Labute approximate surface area is 61.7 Å². The van der Waals surface area contributed by atoms with Crippen LogP contribution in [0.25, 0.3) is 0 Å². The van der Waals surface area contributed by atoms with Gasteiger partial charge < -0.3 is 0 Å². The first kappa shape index (κ1) is 92.2. The van der Waals surface area contributed by atoms with Gasteiger partial charge in [-0.15, -0.1) is 37.2 Å². The second-order valence-electron chi connectivity index (χ2n) is 0. The summed E-state index contributed by atoms with van der Waals surface area (Å²) in [6, 6.07) is 0. The van der Waals surface area contributed by atoms with Crippen LogP contribution in [0.2, 0.25) is 0 Å². The van der Waals surface area contributed by atoms with Crippen molar-refractivity contribution < 1.29 is 4.70 Å². The normalized spacial score (nSPS) is 0. The van der Waals surface area contributed by atoms with Crippen LogP contribution in [0.5, 0.6) is 0 Å². The van der Waals surface area contributed by atoms with Gasteiger partial charge >= 0.3 is 19.8 Å². The molecule has 0 saturated carbocycles. The summed E-state index contributed by atoms with van der Waals surface area (Å²) in [6.45, 7) is 0. The first-order valence-corrected chi connectivity index (χ1v) is 0. The van der Waals surface area contributed by atoms with Crippen LogP contribution in [0.15, 0.2) is 0 Å². The molecular weight excluding hydrogens is 195 g/mol. The van der Waals surface area contributed by atoms with Gasteiger partial charge in [0.2, 0.25) is 0 Å². The van der Waals surface area contributed by atoms with Crippen molar-refractivity contribution in [3.8, 4) is 0 Å². The van der Waals surface area contributed by atoms with Crippen LogP contribution in [0.4, 0.5) is 4.70 Å². The average Bonchev–Trinajstić information content (AvgIpc) is 0. The topological polar surface area (TPSA) is 0 Å². The average molecular weight is 202 g/mol. The number of hydrogen-bond donors (Lipinski definition) is 0. The molecule has 0 saturated heterocycles. The molecule has 0 aliphatic rings. The molecule has 0 rings (SSSR count). The first-order chi connectivity index (χ1) is 0. The number of halogens is 4. The van der Waals surface area contributed by atoms with Crippen LogP contribution in [-0.4, -0.2) is 19.8 Å². The maximum absolute atomic E-state index is 0. The predicted octanol–water partition coefficient (Wildman–Crippen LogP) is 0.234. The van der Waals surface area contributed by atoms with E-state index >= 15 is 0 Å². The van der Waals surface area contributed by atoms with E-state index in [1.54, 1.807) is 0 Å². The van der Waals surface area contributed by atoms with E-state index in [1.807, 2.05) is 0 Å². The minimum absolute atomic E-state index is 0. The summed E-state index contributed by atoms with van der Waals surface area (Å²) in [7, 11) is 0. The van der Waals surface area contributed by atoms with Crippen LogP contribution in [0, 0.1) is 0 Å². The van der Waals surface area contributed by atoms with E-state index in [0.717, 1.165) is 0 Å². The third-order valence-electron chi connectivity index (χ3n) is 0. The molecule has 0 aromatic rings. The van der Waals surface area contributed by atoms with Crippen LogP contribution >= 0.6 is 37.2 Å². The molecule has 5 heteroatoms. The van der Waals surface area contributed by atoms with Gasteiger partial charge in [0.1, 0.15) is 0 Å². The Morgan fingerprint density at radius 2 is 0.600 bits per heavy atom. The molecule has 0 N–H and O–H groups in total. The van der Waals surface area contributed by atoms with Gasteiger partial charge in [0.05, 0.1) is 0 Å². The van der Waals surface area contributed by atoms with Gasteiger partial charge in [-0.3, -0.25) is 4.70 Å². The quantitative estimate of drug-likeness (QED) is 0.493. The molecule has 38 valence electrons. The molecule has 5 heavy (non-hydrogen) atoms. The molecule has 0 aromatic heterocycles. The Morgan fingerprint density at radius 1 is 0.600 bits per heavy atom. The summed E-state index contributed by atoms with van der Waals surface area (Å²) < 4.78 is 0. The third kappa shape index (κ3) is 31.1. The van der Waals surface area contributed by atoms with Gasteiger partial charge in [-0.05, 0) is 0 Å². The van der Waals surface area contributed by atoms with E-state index in [-0.39, 0.29) is 61.7 Å². The molecule has 0 atom stereocenters. The summed E-state index contributed by atoms with van der Waals surface area (Å²) in [6.07, 6.45) is 0. The fraction of sp³-hybridized carbons (Fsp3) is 0. The van der Waals surface area contributed by atoms with Crippen molar-refractivity contribution in [2.75, 3.05) is 0 Å². The Balaban J connectivity index is 0. The van der Waals surface area contributed by atoms with Crippen molar-refractivity contribution in [1.29, 1.82) is 0 Å². The molecule has 0 spiro atoms. The van der Waals surface area contributed by atoms with Gasteiger partial charge in [0, 0.05) is 0 Å². The zero-order chi connectivity index (χ0) is 0. The molecule has 0 nitrogen and oxygen atoms in total. The van der Waals surface area contributed by atoms with Gasteiger partial charge in [-0.2, -0.15) is 0 Å². The second-order valence-corrected chi connectivity index (χ2v) is 0. The summed E-state index contributed by atoms with van der Waals surface area (Å²) in [4.78, 5) is 0. The summed E-state index contributed by atoms with van der Waals surface area (Å²) >= 11 is 0. The molecular formula is H7Cl3FGa. The van der Waals surface area contributed by atoms with Gasteiger partial charge in [-0.1, -0.05) is 0 Å². The SMILES string of the molecule is Cl.Cl.Cl.F.[GaH3]. The molecule has 0 radical (unpaired) electrons. The van der Waals surface area contributed by atoms with E-state index in [0.29, 0.717) is 0 Å². The van der Waals surface area contributed by atoms with E-state index < -0.39 is 0 Å². The molecule has 0 aliphatic carbocycles. The maximum atomic E-state index is 0. The molecule has 0 fully saturated rings. The zero-order valence-corrected chi connectivity index (χ0v) is 4.08. The molecule has 0 aromatic carbocycles. The number of rotatable bonds is 0. The first-order valence-electron chi connectivity index (χ1n) is 0. The van der Waals surface area contributed by atoms with Crippen LogP contribution in [-0.2, 0) is 0 Å². The monoisotopic (exact) mass is 200 g/mol. The van der Waals surface area contributed by atoms with Crippen molar-refractivity contribution in [3.63, 3.8) is 0 Å². The second kappa shape index (κ2) is 51.9. The third-order valence-corrected chi connectivity index (χ3v) is 0. The van der Waals surface area contributed by atoms with E-state index in [2.05, 4.69) is 0 Å². The molecule has 0 amide bonds. The predicted molar refractivity (Wildman–Crippen MR) is 34.2 cm³/mol. The van der Waals surface area contributed by atoms with Crippen molar-refractivity contribution in [2.45, 2.75) is 0 Å². The van der Waals surface area contributed by atoms with Crippen molar-refractivity contribution in [2.24, 2.45) is 0 Å². The Hall–Kier alpha value is 1.44. The summed E-state index contributed by atoms with van der Waals surface area (Å²) in [5.74, 6) is 0. The Morgan fingerprint density at radius 3 is 0.600 bits per heavy atom. The Bertz CT molecular complexity index is 6.85. The molecule has 0 aliphatic heterocycles. The van der Waals surface area contributed by atoms with Crippen molar-refractivity contribution >= 4 is 57.0 Å². The van der Waals surface area contributed by atoms with Gasteiger partial charge in [0.15, 0.2) is 0 Å². The summed E-state index contributed by atoms with van der Waals surface area (Å²) in [5.41, 5.74) is 0. The van der Waals surface area contributed by atoms with Crippen molar-refractivity contribution in [3.05, 3.63) is 0 Å². The molecule has 0 unspecified atom stereocenters. The summed E-state index contributed by atoms with van der Waals surface area (Å²) in [5, 5.41) is 0. The van der Waals surface area contributed by atoms with Crippen LogP contribution in [0.1, 0.15) is 0 Å². The zero-order valence-electron chi connectivity index (χ0n) is 1.63. The minimum atomic E-state index is 0. The fourth-order valence-electron chi connectivity index (χ4n) is 0. The van der Waals surface area contributed by atoms with E-state index in [4.69, 9.17) is 0 Å². The Kier molecular flexibility index (Phi) is 956. The van der Waals surface area contributed by atoms with Crippen molar-refractivity contribution in [1.82, 2.24) is 0 Å².